The fourth-order valence-corrected chi connectivity index (χ4v) is 1.58. The highest BCUT2D eigenvalue weighted by atomic mass is 35.5. The summed E-state index contributed by atoms with van der Waals surface area (Å²) < 4.78 is 0. The molecular weight excluding hydrogens is 266 g/mol. The first-order valence-corrected chi connectivity index (χ1v) is 5.64. The molecule has 0 bridgehead atoms. The predicted octanol–water partition coefficient (Wildman–Crippen LogP) is 3.07. The molecule has 6 heteroatoms. The van der Waals surface area contributed by atoms with Crippen molar-refractivity contribution in [1.29, 1.82) is 0 Å². The van der Waals surface area contributed by atoms with Crippen LogP contribution in [0.2, 0.25) is 0 Å². The zero-order chi connectivity index (χ0) is 12.8. The number of hydrogen-bond acceptors (Lipinski definition) is 4. The lowest BCUT2D eigenvalue weighted by Crippen LogP contribution is -2.05. The van der Waals surface area contributed by atoms with Gasteiger partial charge in [-0.25, -0.2) is 0 Å². The number of aromatic nitrogens is 1. The minimum atomic E-state index is -0.405. The smallest absolute Gasteiger partial charge is 0.269 e. The molecule has 0 saturated carbocycles. The first-order valence-electron chi connectivity index (χ1n) is 5.64. The zero-order valence-electron chi connectivity index (χ0n) is 10.2. The molecule has 0 saturated heterocycles. The number of anilines is 1. The molecule has 0 radical (unpaired) electrons. The third kappa shape index (κ3) is 4.56. The second-order valence-electron chi connectivity index (χ2n) is 3.80. The molecular formula is C13H14ClN3O2. The van der Waals surface area contributed by atoms with Crippen molar-refractivity contribution in [1.82, 2.24) is 4.98 Å². The summed E-state index contributed by atoms with van der Waals surface area (Å²) in [7, 11) is 0. The van der Waals surface area contributed by atoms with Crippen LogP contribution >= 0.6 is 12.4 Å². The Balaban J connectivity index is 0.00000180. The van der Waals surface area contributed by atoms with Gasteiger partial charge in [0.05, 0.1) is 4.92 Å². The fourth-order valence-electron chi connectivity index (χ4n) is 1.58. The molecule has 0 aliphatic carbocycles. The molecule has 0 fully saturated rings. The molecule has 100 valence electrons. The molecule has 0 unspecified atom stereocenters. The monoisotopic (exact) mass is 279 g/mol. The van der Waals surface area contributed by atoms with Crippen LogP contribution in [0.25, 0.3) is 0 Å². The van der Waals surface area contributed by atoms with Crippen LogP contribution in [0.5, 0.6) is 0 Å². The molecule has 2 rings (SSSR count). The largest absolute Gasteiger partial charge is 0.385 e. The molecule has 0 spiro atoms. The van der Waals surface area contributed by atoms with Crippen LogP contribution in [0.4, 0.5) is 11.4 Å². The Morgan fingerprint density at radius 2 is 1.89 bits per heavy atom. The van der Waals surface area contributed by atoms with E-state index in [-0.39, 0.29) is 18.1 Å². The Hall–Kier alpha value is -2.14. The molecule has 0 amide bonds. The van der Waals surface area contributed by atoms with Crippen molar-refractivity contribution in [3.63, 3.8) is 0 Å². The number of pyridine rings is 1. The lowest BCUT2D eigenvalue weighted by atomic mass is 10.2. The maximum absolute atomic E-state index is 10.5. The van der Waals surface area contributed by atoms with E-state index < -0.39 is 4.92 Å². The minimum absolute atomic E-state index is 0. The summed E-state index contributed by atoms with van der Waals surface area (Å²) in [6, 6.07) is 12.2. The zero-order valence-corrected chi connectivity index (χ0v) is 11.0. The lowest BCUT2D eigenvalue weighted by molar-refractivity contribution is -0.384. The number of benzene rings is 1. The summed E-state index contributed by atoms with van der Waals surface area (Å²) in [4.78, 5) is 14.3. The number of halogens is 1. The van der Waals surface area contributed by atoms with Gasteiger partial charge in [0, 0.05) is 42.7 Å². The minimum Gasteiger partial charge on any atom is -0.385 e. The molecule has 0 aliphatic rings. The summed E-state index contributed by atoms with van der Waals surface area (Å²) >= 11 is 0. The Labute approximate surface area is 117 Å². The molecule has 2 aromatic rings. The maximum atomic E-state index is 10.5. The van der Waals surface area contributed by atoms with E-state index in [9.17, 15) is 10.1 Å². The van der Waals surface area contributed by atoms with E-state index in [4.69, 9.17) is 0 Å². The number of nitro benzene ring substituents is 1. The number of rotatable bonds is 5. The first-order chi connectivity index (χ1) is 8.75. The Kier molecular flexibility index (Phi) is 5.75. The Morgan fingerprint density at radius 3 is 2.47 bits per heavy atom. The topological polar surface area (TPSA) is 68.1 Å². The van der Waals surface area contributed by atoms with Crippen LogP contribution in [-0.2, 0) is 6.42 Å². The van der Waals surface area contributed by atoms with E-state index in [0.29, 0.717) is 0 Å². The molecule has 0 atom stereocenters. The van der Waals surface area contributed by atoms with Crippen molar-refractivity contribution in [2.45, 2.75) is 6.42 Å². The van der Waals surface area contributed by atoms with Crippen molar-refractivity contribution in [3.8, 4) is 0 Å². The quantitative estimate of drug-likeness (QED) is 0.675. The standard InChI is InChI=1S/C13H13N3O2.ClH/c17-16(18)13-6-4-12(5-7-13)15-10-8-11-3-1-2-9-14-11;/h1-7,9,15H,8,10H2;1H. The number of nitrogens with one attached hydrogen (secondary N) is 1. The molecule has 19 heavy (non-hydrogen) atoms. The van der Waals surface area contributed by atoms with Gasteiger partial charge in [0.25, 0.3) is 5.69 Å². The van der Waals surface area contributed by atoms with E-state index in [2.05, 4.69) is 10.3 Å². The van der Waals surface area contributed by atoms with Gasteiger partial charge >= 0.3 is 0 Å². The average Bonchev–Trinajstić information content (AvgIpc) is 2.40. The lowest BCUT2D eigenvalue weighted by Gasteiger charge is -2.05. The second kappa shape index (κ2) is 7.33. The van der Waals surface area contributed by atoms with Crippen molar-refractivity contribution < 1.29 is 4.92 Å². The number of nitrogens with zero attached hydrogens (tertiary/aromatic N) is 2. The van der Waals surface area contributed by atoms with Gasteiger partial charge in [-0.3, -0.25) is 15.1 Å². The Bertz CT molecular complexity index is 517. The third-order valence-corrected chi connectivity index (χ3v) is 2.51. The molecule has 1 aromatic carbocycles. The van der Waals surface area contributed by atoms with Crippen LogP contribution in [0.15, 0.2) is 48.7 Å². The van der Waals surface area contributed by atoms with E-state index in [1.165, 1.54) is 12.1 Å². The van der Waals surface area contributed by atoms with E-state index >= 15 is 0 Å². The van der Waals surface area contributed by atoms with E-state index in [1.807, 2.05) is 18.2 Å². The summed E-state index contributed by atoms with van der Waals surface area (Å²) in [5.41, 5.74) is 1.99. The van der Waals surface area contributed by atoms with Gasteiger partial charge in [0.2, 0.25) is 0 Å². The van der Waals surface area contributed by atoms with Gasteiger partial charge in [-0.05, 0) is 24.3 Å². The molecule has 1 heterocycles. The first kappa shape index (κ1) is 14.9. The number of hydrogen-bond donors (Lipinski definition) is 1. The second-order valence-corrected chi connectivity index (χ2v) is 3.80. The summed E-state index contributed by atoms with van der Waals surface area (Å²) in [6.45, 7) is 0.745. The normalized spacial score (nSPS) is 9.47. The molecule has 1 N–H and O–H groups in total. The van der Waals surface area contributed by atoms with E-state index in [0.717, 1.165) is 24.3 Å². The van der Waals surface area contributed by atoms with Crippen LogP contribution < -0.4 is 5.32 Å². The van der Waals surface area contributed by atoms with Gasteiger partial charge in [0.15, 0.2) is 0 Å². The Morgan fingerprint density at radius 1 is 1.16 bits per heavy atom. The van der Waals surface area contributed by atoms with Gasteiger partial charge in [-0.2, -0.15) is 0 Å². The molecule has 0 aliphatic heterocycles. The average molecular weight is 280 g/mol. The van der Waals surface area contributed by atoms with Crippen LogP contribution in [0.1, 0.15) is 5.69 Å². The van der Waals surface area contributed by atoms with Crippen LogP contribution in [0, 0.1) is 10.1 Å². The SMILES string of the molecule is Cl.O=[N+]([O-])c1ccc(NCCc2ccccn2)cc1. The predicted molar refractivity (Wildman–Crippen MR) is 76.8 cm³/mol. The molecule has 1 aromatic heterocycles. The van der Waals surface area contributed by atoms with Gasteiger partial charge < -0.3 is 5.32 Å². The maximum Gasteiger partial charge on any atom is 0.269 e. The van der Waals surface area contributed by atoms with Crippen molar-refractivity contribution in [3.05, 3.63) is 64.5 Å². The van der Waals surface area contributed by atoms with E-state index in [1.54, 1.807) is 18.3 Å². The summed E-state index contributed by atoms with van der Waals surface area (Å²) in [5.74, 6) is 0. The van der Waals surface area contributed by atoms with Crippen molar-refractivity contribution in [2.24, 2.45) is 0 Å². The summed E-state index contributed by atoms with van der Waals surface area (Å²) in [5, 5.41) is 13.7. The van der Waals surface area contributed by atoms with Gasteiger partial charge in [-0.1, -0.05) is 6.07 Å². The summed E-state index contributed by atoms with van der Waals surface area (Å²) in [6.07, 6.45) is 2.58. The van der Waals surface area contributed by atoms with Crippen LogP contribution in [0.3, 0.4) is 0 Å². The van der Waals surface area contributed by atoms with Crippen molar-refractivity contribution in [2.75, 3.05) is 11.9 Å². The highest BCUT2D eigenvalue weighted by Crippen LogP contribution is 2.15. The van der Waals surface area contributed by atoms with Gasteiger partial charge in [0.1, 0.15) is 0 Å². The highest BCUT2D eigenvalue weighted by Gasteiger charge is 2.03. The van der Waals surface area contributed by atoms with Crippen molar-refractivity contribution >= 4 is 23.8 Å². The fraction of sp³-hybridized carbons (Fsp3) is 0.154. The number of non-ortho nitro benzene ring substituents is 1. The van der Waals surface area contributed by atoms with Gasteiger partial charge in [-0.15, -0.1) is 12.4 Å². The number of nitro groups is 1. The highest BCUT2D eigenvalue weighted by molar-refractivity contribution is 5.85. The molecule has 5 nitrogen and oxygen atoms in total. The van der Waals surface area contributed by atoms with Crippen LogP contribution in [-0.4, -0.2) is 16.5 Å². The third-order valence-electron chi connectivity index (χ3n) is 2.51.